The quantitative estimate of drug-likeness (QED) is 0.174. The number of nitrogens with one attached hydrogen (secondary N) is 1. The Hall–Kier alpha value is -3.66. The molecule has 3 aromatic carbocycles. The van der Waals surface area contributed by atoms with Crippen LogP contribution in [0.4, 0.5) is 4.79 Å². The van der Waals surface area contributed by atoms with Crippen molar-refractivity contribution in [1.29, 1.82) is 0 Å². The van der Waals surface area contributed by atoms with Gasteiger partial charge in [-0.1, -0.05) is 48.5 Å². The summed E-state index contributed by atoms with van der Waals surface area (Å²) >= 11 is 2.14. The molecule has 7 nitrogen and oxygen atoms in total. The van der Waals surface area contributed by atoms with Crippen LogP contribution in [0.5, 0.6) is 11.5 Å². The van der Waals surface area contributed by atoms with Gasteiger partial charge < -0.3 is 9.47 Å². The number of halogens is 1. The van der Waals surface area contributed by atoms with Crippen molar-refractivity contribution in [3.63, 3.8) is 0 Å². The van der Waals surface area contributed by atoms with Crippen molar-refractivity contribution in [2.45, 2.75) is 13.5 Å². The van der Waals surface area contributed by atoms with Gasteiger partial charge in [0.05, 0.1) is 10.2 Å². The molecule has 1 aliphatic rings. The Morgan fingerprint density at radius 2 is 1.83 bits per heavy atom. The van der Waals surface area contributed by atoms with Gasteiger partial charge in [-0.3, -0.25) is 19.8 Å². The average molecular weight is 582 g/mol. The summed E-state index contributed by atoms with van der Waals surface area (Å²) in [5.74, 6) is -0.355. The summed E-state index contributed by atoms with van der Waals surface area (Å²) in [4.78, 5) is 38.0. The number of ether oxygens (including phenoxy) is 2. The molecule has 0 atom stereocenters. The second kappa shape index (κ2) is 10.7. The molecule has 0 spiro atoms. The predicted octanol–water partition coefficient (Wildman–Crippen LogP) is 5.07. The molecule has 178 valence electrons. The first-order valence-electron chi connectivity index (χ1n) is 11.0. The third kappa shape index (κ3) is 5.22. The number of imide groups is 2. The number of nitrogens with zero attached hydrogens (tertiary/aromatic N) is 1. The molecule has 4 rings (SSSR count). The van der Waals surface area contributed by atoms with Crippen LogP contribution < -0.4 is 14.8 Å². The van der Waals surface area contributed by atoms with Gasteiger partial charge in [0.25, 0.3) is 11.8 Å². The molecule has 1 fully saturated rings. The van der Waals surface area contributed by atoms with Crippen LogP contribution in [-0.4, -0.2) is 35.9 Å². The molecule has 1 heterocycles. The molecule has 0 unspecified atom stereocenters. The minimum atomic E-state index is -0.765. The minimum Gasteiger partial charge on any atom is -0.490 e. The molecule has 1 aliphatic heterocycles. The fraction of sp³-hybridized carbons (Fsp3) is 0.148. The molecule has 3 aromatic rings. The number of urea groups is 1. The van der Waals surface area contributed by atoms with E-state index in [1.165, 1.54) is 12.2 Å². The molecule has 0 aromatic heterocycles. The van der Waals surface area contributed by atoms with Gasteiger partial charge in [0.1, 0.15) is 12.2 Å². The van der Waals surface area contributed by atoms with Crippen molar-refractivity contribution in [3.05, 3.63) is 87.5 Å². The Morgan fingerprint density at radius 3 is 2.60 bits per heavy atom. The molecule has 8 heteroatoms. The van der Waals surface area contributed by atoms with E-state index >= 15 is 0 Å². The van der Waals surface area contributed by atoms with E-state index in [1.807, 2.05) is 31.2 Å². The Bertz CT molecular complexity index is 1360. The fourth-order valence-electron chi connectivity index (χ4n) is 3.80. The third-order valence-corrected chi connectivity index (χ3v) is 6.19. The van der Waals surface area contributed by atoms with Crippen molar-refractivity contribution in [1.82, 2.24) is 10.2 Å². The Kier molecular flexibility index (Phi) is 7.50. The zero-order valence-electron chi connectivity index (χ0n) is 19.0. The maximum absolute atomic E-state index is 12.7. The second-order valence-electron chi connectivity index (χ2n) is 7.71. The SMILES string of the molecule is C=CCN1C(=O)NC(=O)C(=Cc2cc(I)c(OCc3cccc4ccccc34)c(OCC)c2)C1=O. The molecule has 0 aliphatic carbocycles. The molecular formula is C27H23IN2O5. The molecule has 1 N–H and O–H groups in total. The van der Waals surface area contributed by atoms with Gasteiger partial charge in [-0.05, 0) is 69.6 Å². The lowest BCUT2D eigenvalue weighted by Gasteiger charge is -2.25. The van der Waals surface area contributed by atoms with Crippen LogP contribution in [-0.2, 0) is 16.2 Å². The Balaban J connectivity index is 1.65. The van der Waals surface area contributed by atoms with E-state index in [0.717, 1.165) is 24.8 Å². The van der Waals surface area contributed by atoms with Gasteiger partial charge in [-0.2, -0.15) is 0 Å². The summed E-state index contributed by atoms with van der Waals surface area (Å²) in [7, 11) is 0. The first-order valence-corrected chi connectivity index (χ1v) is 12.1. The van der Waals surface area contributed by atoms with Crippen LogP contribution in [0, 0.1) is 3.57 Å². The highest BCUT2D eigenvalue weighted by atomic mass is 127. The van der Waals surface area contributed by atoms with Crippen molar-refractivity contribution in [2.75, 3.05) is 13.2 Å². The number of amides is 4. The summed E-state index contributed by atoms with van der Waals surface area (Å²) in [5.41, 5.74) is 1.47. The first-order chi connectivity index (χ1) is 16.9. The lowest BCUT2D eigenvalue weighted by Crippen LogP contribution is -2.54. The van der Waals surface area contributed by atoms with E-state index in [1.54, 1.807) is 12.1 Å². The highest BCUT2D eigenvalue weighted by Crippen LogP contribution is 2.36. The highest BCUT2D eigenvalue weighted by molar-refractivity contribution is 14.1. The minimum absolute atomic E-state index is 0.00202. The number of hydrogen-bond donors (Lipinski definition) is 1. The topological polar surface area (TPSA) is 84.9 Å². The Labute approximate surface area is 216 Å². The normalized spacial score (nSPS) is 14.9. The third-order valence-electron chi connectivity index (χ3n) is 5.39. The van der Waals surface area contributed by atoms with Crippen LogP contribution in [0.2, 0.25) is 0 Å². The number of carbonyl (C=O) groups excluding carboxylic acids is 3. The van der Waals surface area contributed by atoms with Crippen molar-refractivity contribution < 1.29 is 23.9 Å². The highest BCUT2D eigenvalue weighted by Gasteiger charge is 2.35. The van der Waals surface area contributed by atoms with Crippen LogP contribution in [0.3, 0.4) is 0 Å². The number of rotatable bonds is 8. The molecule has 0 bridgehead atoms. The summed E-state index contributed by atoms with van der Waals surface area (Å²) in [6.07, 6.45) is 2.86. The first kappa shape index (κ1) is 24.5. The van der Waals surface area contributed by atoms with Crippen LogP contribution >= 0.6 is 22.6 Å². The maximum Gasteiger partial charge on any atom is 0.331 e. The van der Waals surface area contributed by atoms with Gasteiger partial charge in [-0.15, -0.1) is 6.58 Å². The van der Waals surface area contributed by atoms with Gasteiger partial charge in [0.2, 0.25) is 0 Å². The standard InChI is InChI=1S/C27H23IN2O5/c1-3-12-30-26(32)21(25(31)29-27(30)33)13-17-14-22(28)24(23(15-17)34-4-2)35-16-19-10-7-9-18-8-5-6-11-20(18)19/h3,5-11,13-15H,1,4,12,16H2,2H3,(H,29,31,33). The molecule has 1 saturated heterocycles. The van der Waals surface area contributed by atoms with E-state index in [9.17, 15) is 14.4 Å². The van der Waals surface area contributed by atoms with E-state index in [-0.39, 0.29) is 12.1 Å². The van der Waals surface area contributed by atoms with Crippen molar-refractivity contribution in [3.8, 4) is 11.5 Å². The number of carbonyl (C=O) groups is 3. The van der Waals surface area contributed by atoms with Gasteiger partial charge in [0.15, 0.2) is 11.5 Å². The number of fused-ring (bicyclic) bond motifs is 1. The molecule has 0 saturated carbocycles. The van der Waals surface area contributed by atoms with E-state index < -0.39 is 17.8 Å². The summed E-state index contributed by atoms with van der Waals surface area (Å²) in [5, 5.41) is 4.44. The molecule has 35 heavy (non-hydrogen) atoms. The summed E-state index contributed by atoms with van der Waals surface area (Å²) < 4.78 is 12.8. The van der Waals surface area contributed by atoms with Crippen molar-refractivity contribution in [2.24, 2.45) is 0 Å². The summed E-state index contributed by atoms with van der Waals surface area (Å²) in [6.45, 7) is 6.16. The lowest BCUT2D eigenvalue weighted by atomic mass is 10.1. The van der Waals surface area contributed by atoms with E-state index in [0.29, 0.717) is 30.3 Å². The molecule has 0 radical (unpaired) electrons. The molecular weight excluding hydrogens is 559 g/mol. The maximum atomic E-state index is 12.7. The average Bonchev–Trinajstić information content (AvgIpc) is 2.84. The zero-order valence-corrected chi connectivity index (χ0v) is 21.2. The fourth-order valence-corrected chi connectivity index (χ4v) is 4.58. The predicted molar refractivity (Wildman–Crippen MR) is 142 cm³/mol. The van der Waals surface area contributed by atoms with Crippen molar-refractivity contribution >= 4 is 57.3 Å². The zero-order chi connectivity index (χ0) is 24.9. The van der Waals surface area contributed by atoms with Crippen LogP contribution in [0.1, 0.15) is 18.1 Å². The van der Waals surface area contributed by atoms with E-state index in [2.05, 4.69) is 52.7 Å². The number of benzene rings is 3. The number of hydrogen-bond acceptors (Lipinski definition) is 5. The molecule has 4 amide bonds. The number of barbiturate groups is 1. The smallest absolute Gasteiger partial charge is 0.331 e. The Morgan fingerprint density at radius 1 is 1.06 bits per heavy atom. The van der Waals surface area contributed by atoms with Crippen LogP contribution in [0.15, 0.2) is 72.8 Å². The van der Waals surface area contributed by atoms with Gasteiger partial charge >= 0.3 is 6.03 Å². The van der Waals surface area contributed by atoms with E-state index in [4.69, 9.17) is 9.47 Å². The largest absolute Gasteiger partial charge is 0.490 e. The van der Waals surface area contributed by atoms with Gasteiger partial charge in [0, 0.05) is 6.54 Å². The monoisotopic (exact) mass is 582 g/mol. The second-order valence-corrected chi connectivity index (χ2v) is 8.87. The van der Waals surface area contributed by atoms with Crippen LogP contribution in [0.25, 0.3) is 16.8 Å². The lowest BCUT2D eigenvalue weighted by molar-refractivity contribution is -0.129. The van der Waals surface area contributed by atoms with Gasteiger partial charge in [-0.25, -0.2) is 4.79 Å². The summed E-state index contributed by atoms with van der Waals surface area (Å²) in [6, 6.07) is 16.9.